The molecule has 0 aliphatic heterocycles. The largest absolute Gasteiger partial charge is 0.496 e. The Morgan fingerprint density at radius 2 is 1.75 bits per heavy atom. The van der Waals surface area contributed by atoms with Gasteiger partial charge in [0.15, 0.2) is 12.3 Å². The van der Waals surface area contributed by atoms with Crippen LogP contribution in [0.1, 0.15) is 16.1 Å². The van der Waals surface area contributed by atoms with Gasteiger partial charge in [-0.05, 0) is 24.1 Å². The van der Waals surface area contributed by atoms with Gasteiger partial charge in [-0.2, -0.15) is 5.10 Å². The number of primary amides is 1. The van der Waals surface area contributed by atoms with Crippen LogP contribution in [0.15, 0.2) is 53.3 Å². The van der Waals surface area contributed by atoms with Crippen LogP contribution in [-0.4, -0.2) is 47.8 Å². The highest BCUT2D eigenvalue weighted by Crippen LogP contribution is 2.17. The van der Waals surface area contributed by atoms with Gasteiger partial charge in [0.2, 0.25) is 0 Å². The van der Waals surface area contributed by atoms with Crippen molar-refractivity contribution in [1.29, 1.82) is 0 Å². The SMILES string of the molecule is COc1ccccc1CCNC(=O)COC(=O)Cn1nc(C(N)=O)c2ccccc2c1=O. The summed E-state index contributed by atoms with van der Waals surface area (Å²) in [4.78, 5) is 48.3. The van der Waals surface area contributed by atoms with E-state index in [4.69, 9.17) is 15.2 Å². The van der Waals surface area contributed by atoms with Crippen molar-refractivity contribution in [3.05, 3.63) is 70.1 Å². The number of aromatic nitrogens is 2. The molecule has 0 saturated heterocycles. The van der Waals surface area contributed by atoms with Crippen LogP contribution < -0.4 is 21.3 Å². The maximum absolute atomic E-state index is 12.6. The molecule has 166 valence electrons. The number of nitrogens with one attached hydrogen (secondary N) is 1. The number of carbonyl (C=O) groups excluding carboxylic acids is 3. The molecule has 3 N–H and O–H groups in total. The molecule has 2 amide bonds. The van der Waals surface area contributed by atoms with Crippen molar-refractivity contribution in [1.82, 2.24) is 15.1 Å². The Labute approximate surface area is 182 Å². The fraction of sp³-hybridized carbons (Fsp3) is 0.227. The molecule has 3 aromatic rings. The Hall–Kier alpha value is -4.21. The van der Waals surface area contributed by atoms with Crippen molar-refractivity contribution in [2.24, 2.45) is 5.73 Å². The zero-order valence-corrected chi connectivity index (χ0v) is 17.4. The minimum atomic E-state index is -0.856. The second kappa shape index (κ2) is 10.2. The lowest BCUT2D eigenvalue weighted by Crippen LogP contribution is -2.33. The Morgan fingerprint density at radius 3 is 2.47 bits per heavy atom. The van der Waals surface area contributed by atoms with E-state index in [0.29, 0.717) is 18.4 Å². The van der Waals surface area contributed by atoms with E-state index in [9.17, 15) is 19.2 Å². The molecule has 1 aromatic heterocycles. The van der Waals surface area contributed by atoms with E-state index in [-0.39, 0.29) is 11.1 Å². The molecule has 32 heavy (non-hydrogen) atoms. The normalized spacial score (nSPS) is 10.5. The van der Waals surface area contributed by atoms with Gasteiger partial charge in [0, 0.05) is 11.9 Å². The van der Waals surface area contributed by atoms with E-state index in [2.05, 4.69) is 10.4 Å². The highest BCUT2D eigenvalue weighted by molar-refractivity contribution is 6.04. The second-order valence-corrected chi connectivity index (χ2v) is 6.79. The van der Waals surface area contributed by atoms with Crippen LogP contribution in [0.25, 0.3) is 10.8 Å². The first-order valence-electron chi connectivity index (χ1n) is 9.74. The molecule has 0 aliphatic rings. The number of amides is 2. The fourth-order valence-corrected chi connectivity index (χ4v) is 3.14. The highest BCUT2D eigenvalue weighted by Gasteiger charge is 2.17. The predicted molar refractivity (Wildman–Crippen MR) is 115 cm³/mol. The average molecular weight is 438 g/mol. The van der Waals surface area contributed by atoms with Crippen molar-refractivity contribution in [2.45, 2.75) is 13.0 Å². The first kappa shape index (κ1) is 22.5. The van der Waals surface area contributed by atoms with Gasteiger partial charge in [-0.1, -0.05) is 36.4 Å². The van der Waals surface area contributed by atoms with Crippen LogP contribution in [0, 0.1) is 0 Å². The molecule has 0 unspecified atom stereocenters. The van der Waals surface area contributed by atoms with Crippen LogP contribution in [0.4, 0.5) is 0 Å². The summed E-state index contributed by atoms with van der Waals surface area (Å²) in [7, 11) is 1.57. The number of hydrogen-bond acceptors (Lipinski definition) is 7. The number of rotatable bonds is 9. The van der Waals surface area contributed by atoms with E-state index >= 15 is 0 Å². The molecule has 0 bridgehead atoms. The number of carbonyl (C=O) groups is 3. The monoisotopic (exact) mass is 438 g/mol. The molecule has 0 radical (unpaired) electrons. The standard InChI is InChI=1S/C22H22N4O6/c1-31-17-9-5-2-6-14(17)10-11-24-18(27)13-32-19(28)12-26-22(30)16-8-4-3-7-15(16)20(25-26)21(23)29/h2-9H,10-13H2,1H3,(H2,23,29)(H,24,27). The predicted octanol–water partition coefficient (Wildman–Crippen LogP) is 0.406. The van der Waals surface area contributed by atoms with Crippen molar-refractivity contribution in [3.63, 3.8) is 0 Å². The van der Waals surface area contributed by atoms with Gasteiger partial charge in [0.25, 0.3) is 17.4 Å². The van der Waals surface area contributed by atoms with Crippen LogP contribution in [0.2, 0.25) is 0 Å². The van der Waals surface area contributed by atoms with Crippen LogP contribution in [-0.2, 0) is 27.3 Å². The summed E-state index contributed by atoms with van der Waals surface area (Å²) in [5.41, 5.74) is 5.55. The number of nitrogens with zero attached hydrogens (tertiary/aromatic N) is 2. The summed E-state index contributed by atoms with van der Waals surface area (Å²) < 4.78 is 11.0. The first-order chi connectivity index (χ1) is 15.4. The number of para-hydroxylation sites is 1. The quantitative estimate of drug-likeness (QED) is 0.461. The molecule has 0 fully saturated rings. The molecule has 1 heterocycles. The highest BCUT2D eigenvalue weighted by atomic mass is 16.5. The molecule has 10 heteroatoms. The van der Waals surface area contributed by atoms with Gasteiger partial charge < -0.3 is 20.5 Å². The Bertz CT molecular complexity index is 1220. The number of benzene rings is 2. The molecule has 0 aliphatic carbocycles. The van der Waals surface area contributed by atoms with E-state index in [1.807, 2.05) is 24.3 Å². The smallest absolute Gasteiger partial charge is 0.328 e. The molecular formula is C22H22N4O6. The van der Waals surface area contributed by atoms with Gasteiger partial charge >= 0.3 is 5.97 Å². The number of fused-ring (bicyclic) bond motifs is 1. The van der Waals surface area contributed by atoms with E-state index in [1.54, 1.807) is 25.3 Å². The Balaban J connectivity index is 1.56. The zero-order chi connectivity index (χ0) is 23.1. The first-order valence-corrected chi connectivity index (χ1v) is 9.74. The van der Waals surface area contributed by atoms with E-state index in [0.717, 1.165) is 16.0 Å². The molecule has 10 nitrogen and oxygen atoms in total. The van der Waals surface area contributed by atoms with Crippen molar-refractivity contribution < 1.29 is 23.9 Å². The lowest BCUT2D eigenvalue weighted by atomic mass is 10.1. The van der Waals surface area contributed by atoms with Gasteiger partial charge in [0.1, 0.15) is 12.3 Å². The van der Waals surface area contributed by atoms with Gasteiger partial charge in [-0.15, -0.1) is 0 Å². The van der Waals surface area contributed by atoms with Crippen LogP contribution >= 0.6 is 0 Å². The van der Waals surface area contributed by atoms with Crippen molar-refractivity contribution >= 4 is 28.6 Å². The third-order valence-corrected chi connectivity index (χ3v) is 4.65. The van der Waals surface area contributed by atoms with Crippen molar-refractivity contribution in [2.75, 3.05) is 20.3 Å². The number of esters is 1. The molecule has 3 rings (SSSR count). The second-order valence-electron chi connectivity index (χ2n) is 6.79. The van der Waals surface area contributed by atoms with Crippen LogP contribution in [0.3, 0.4) is 0 Å². The lowest BCUT2D eigenvalue weighted by Gasteiger charge is -2.10. The van der Waals surface area contributed by atoms with Gasteiger partial charge in [-0.3, -0.25) is 19.2 Å². The Morgan fingerprint density at radius 1 is 1.06 bits per heavy atom. The third-order valence-electron chi connectivity index (χ3n) is 4.65. The van der Waals surface area contributed by atoms with Crippen molar-refractivity contribution in [3.8, 4) is 5.75 Å². The summed E-state index contributed by atoms with van der Waals surface area (Å²) in [5, 5.41) is 7.02. The molecule has 2 aromatic carbocycles. The summed E-state index contributed by atoms with van der Waals surface area (Å²) in [6.07, 6.45) is 0.538. The fourth-order valence-electron chi connectivity index (χ4n) is 3.14. The molecule has 0 atom stereocenters. The van der Waals surface area contributed by atoms with E-state index < -0.39 is 36.5 Å². The number of nitrogens with two attached hydrogens (primary N) is 1. The Kier molecular flexibility index (Phi) is 7.17. The zero-order valence-electron chi connectivity index (χ0n) is 17.4. The summed E-state index contributed by atoms with van der Waals surface area (Å²) in [6.45, 7) is -0.765. The van der Waals surface area contributed by atoms with Gasteiger partial charge in [-0.25, -0.2) is 4.68 Å². The van der Waals surface area contributed by atoms with E-state index in [1.165, 1.54) is 6.07 Å². The molecular weight excluding hydrogens is 416 g/mol. The number of hydrogen-bond donors (Lipinski definition) is 2. The third kappa shape index (κ3) is 5.28. The average Bonchev–Trinajstić information content (AvgIpc) is 2.79. The summed E-state index contributed by atoms with van der Waals surface area (Å²) in [5.74, 6) is -1.47. The topological polar surface area (TPSA) is 143 Å². The minimum absolute atomic E-state index is 0.137. The summed E-state index contributed by atoms with van der Waals surface area (Å²) >= 11 is 0. The number of ether oxygens (including phenoxy) is 2. The summed E-state index contributed by atoms with van der Waals surface area (Å²) in [6, 6.07) is 13.7. The van der Waals surface area contributed by atoms with Crippen LogP contribution in [0.5, 0.6) is 5.75 Å². The van der Waals surface area contributed by atoms with Gasteiger partial charge in [0.05, 0.1) is 12.5 Å². The molecule has 0 saturated carbocycles. The maximum atomic E-state index is 12.6. The maximum Gasteiger partial charge on any atom is 0.328 e. The minimum Gasteiger partial charge on any atom is -0.496 e. The number of methoxy groups -OCH3 is 1. The lowest BCUT2D eigenvalue weighted by molar-refractivity contribution is -0.149. The molecule has 0 spiro atoms.